The number of ether oxygens (including phenoxy) is 1. The largest absolute Gasteiger partial charge is 0.450 e. The van der Waals surface area contributed by atoms with Crippen LogP contribution in [0.15, 0.2) is 55.1 Å². The third-order valence-corrected chi connectivity index (χ3v) is 4.89. The van der Waals surface area contributed by atoms with E-state index in [9.17, 15) is 10.1 Å². The summed E-state index contributed by atoms with van der Waals surface area (Å²) in [5, 5.41) is 15.0. The number of benzene rings is 2. The molecule has 0 atom stereocenters. The van der Waals surface area contributed by atoms with Gasteiger partial charge in [-0.25, -0.2) is 4.98 Å². The number of nitrogens with one attached hydrogen (secondary N) is 1. The first-order valence-electron chi connectivity index (χ1n) is 10.2. The Morgan fingerprint density at radius 1 is 1.20 bits per heavy atom. The zero-order chi connectivity index (χ0) is 21.5. The van der Waals surface area contributed by atoms with Gasteiger partial charge in [-0.3, -0.25) is 10.1 Å². The number of nitro groups is 1. The zero-order valence-corrected chi connectivity index (χ0v) is 17.7. The molecule has 7 heteroatoms. The lowest BCUT2D eigenvalue weighted by Crippen LogP contribution is -2.16. The molecule has 0 saturated heterocycles. The number of aryl methyl sites for hydroxylation is 2. The Morgan fingerprint density at radius 3 is 2.73 bits per heavy atom. The highest BCUT2D eigenvalue weighted by Crippen LogP contribution is 2.36. The fourth-order valence-corrected chi connectivity index (χ4v) is 3.27. The lowest BCUT2D eigenvalue weighted by atomic mass is 10.0. The molecule has 158 valence electrons. The lowest BCUT2D eigenvalue weighted by Gasteiger charge is -2.15. The van der Waals surface area contributed by atoms with Crippen LogP contribution in [0.5, 0.6) is 11.5 Å². The standard InChI is InChI=1S/C23H28N4O3/c1-17(2)20-7-5-18(3)13-23(20)30-22-8-6-19(14-21(22)27(28)29)15-24-9-4-11-26-12-10-25-16-26/h5-8,10,12-14,16-17,24H,4,9,11,15H2,1-3H3. The first-order chi connectivity index (χ1) is 14.4. The van der Waals surface area contributed by atoms with Crippen LogP contribution in [0.2, 0.25) is 0 Å². The third kappa shape index (κ3) is 5.67. The smallest absolute Gasteiger partial charge is 0.311 e. The molecule has 30 heavy (non-hydrogen) atoms. The Balaban J connectivity index is 1.67. The molecule has 0 spiro atoms. The van der Waals surface area contributed by atoms with Gasteiger partial charge in [-0.15, -0.1) is 0 Å². The molecule has 0 unspecified atom stereocenters. The Hall–Kier alpha value is -3.19. The predicted molar refractivity (Wildman–Crippen MR) is 117 cm³/mol. The Bertz CT molecular complexity index is 984. The van der Waals surface area contributed by atoms with Crippen LogP contribution in [0.25, 0.3) is 0 Å². The van der Waals surface area contributed by atoms with Crippen molar-refractivity contribution in [3.05, 3.63) is 81.9 Å². The first-order valence-corrected chi connectivity index (χ1v) is 10.2. The minimum absolute atomic E-state index is 0.0241. The van der Waals surface area contributed by atoms with Crippen molar-refractivity contribution in [2.45, 2.75) is 46.2 Å². The summed E-state index contributed by atoms with van der Waals surface area (Å²) < 4.78 is 8.04. The number of rotatable bonds is 10. The van der Waals surface area contributed by atoms with Crippen LogP contribution in [-0.4, -0.2) is 21.0 Å². The van der Waals surface area contributed by atoms with E-state index in [-0.39, 0.29) is 22.3 Å². The first kappa shape index (κ1) is 21.5. The van der Waals surface area contributed by atoms with Crippen LogP contribution in [0, 0.1) is 17.0 Å². The molecule has 0 saturated carbocycles. The summed E-state index contributed by atoms with van der Waals surface area (Å²) in [4.78, 5) is 15.3. The van der Waals surface area contributed by atoms with Crippen molar-refractivity contribution in [3.63, 3.8) is 0 Å². The van der Waals surface area contributed by atoms with E-state index in [0.29, 0.717) is 12.3 Å². The zero-order valence-electron chi connectivity index (χ0n) is 17.7. The Labute approximate surface area is 176 Å². The minimum Gasteiger partial charge on any atom is -0.450 e. The molecule has 1 N–H and O–H groups in total. The molecule has 2 aromatic carbocycles. The van der Waals surface area contributed by atoms with E-state index in [1.165, 1.54) is 0 Å². The summed E-state index contributed by atoms with van der Waals surface area (Å²) in [7, 11) is 0. The summed E-state index contributed by atoms with van der Waals surface area (Å²) in [6.07, 6.45) is 6.43. The van der Waals surface area contributed by atoms with Crippen molar-refractivity contribution in [1.82, 2.24) is 14.9 Å². The van der Waals surface area contributed by atoms with Crippen molar-refractivity contribution in [1.29, 1.82) is 0 Å². The maximum absolute atomic E-state index is 11.7. The van der Waals surface area contributed by atoms with Crippen molar-refractivity contribution >= 4 is 5.69 Å². The molecule has 0 radical (unpaired) electrons. The van der Waals surface area contributed by atoms with Crippen LogP contribution in [0.3, 0.4) is 0 Å². The summed E-state index contributed by atoms with van der Waals surface area (Å²) in [5.74, 6) is 1.18. The second-order valence-electron chi connectivity index (χ2n) is 7.69. The van der Waals surface area contributed by atoms with Gasteiger partial charge >= 0.3 is 5.69 Å². The molecular formula is C23H28N4O3. The molecule has 0 aliphatic carbocycles. The second kappa shape index (κ2) is 10.0. The van der Waals surface area contributed by atoms with Gasteiger partial charge in [0.15, 0.2) is 0 Å². The molecule has 0 amide bonds. The molecule has 0 aliphatic heterocycles. The van der Waals surface area contributed by atoms with E-state index in [1.54, 1.807) is 24.7 Å². The number of hydrogen-bond donors (Lipinski definition) is 1. The van der Waals surface area contributed by atoms with Crippen molar-refractivity contribution in [3.8, 4) is 11.5 Å². The van der Waals surface area contributed by atoms with Gasteiger partial charge in [-0.2, -0.15) is 0 Å². The molecule has 7 nitrogen and oxygen atoms in total. The molecule has 1 heterocycles. The van der Waals surface area contributed by atoms with E-state index in [0.717, 1.165) is 36.2 Å². The summed E-state index contributed by atoms with van der Waals surface area (Å²) in [6.45, 7) is 8.39. The molecule has 0 fully saturated rings. The number of imidazole rings is 1. The molecule has 3 aromatic rings. The maximum atomic E-state index is 11.7. The molecular weight excluding hydrogens is 380 g/mol. The van der Waals surface area contributed by atoms with E-state index in [4.69, 9.17) is 4.74 Å². The normalized spacial score (nSPS) is 11.1. The van der Waals surface area contributed by atoms with Gasteiger partial charge in [-0.05, 0) is 54.6 Å². The Kier molecular flexibility index (Phi) is 7.19. The fraction of sp³-hybridized carbons (Fsp3) is 0.348. The van der Waals surface area contributed by atoms with E-state index in [2.05, 4.69) is 24.1 Å². The SMILES string of the molecule is Cc1ccc(C(C)C)c(Oc2ccc(CNCCCn3ccnc3)cc2[N+](=O)[O-])c1. The van der Waals surface area contributed by atoms with E-state index >= 15 is 0 Å². The molecule has 3 rings (SSSR count). The van der Waals surface area contributed by atoms with Gasteiger partial charge in [0.2, 0.25) is 5.75 Å². The average molecular weight is 409 g/mol. The summed E-state index contributed by atoms with van der Waals surface area (Å²) >= 11 is 0. The van der Waals surface area contributed by atoms with Crippen molar-refractivity contribution < 1.29 is 9.66 Å². The highest BCUT2D eigenvalue weighted by molar-refractivity contribution is 5.52. The van der Waals surface area contributed by atoms with Crippen LogP contribution in [0.1, 0.15) is 42.9 Å². The predicted octanol–water partition coefficient (Wildman–Crippen LogP) is 5.20. The van der Waals surface area contributed by atoms with E-state index < -0.39 is 0 Å². The monoisotopic (exact) mass is 408 g/mol. The average Bonchev–Trinajstić information content (AvgIpc) is 3.22. The van der Waals surface area contributed by atoms with Gasteiger partial charge in [0.25, 0.3) is 0 Å². The van der Waals surface area contributed by atoms with Crippen LogP contribution in [-0.2, 0) is 13.1 Å². The van der Waals surface area contributed by atoms with Gasteiger partial charge in [0.05, 0.1) is 11.3 Å². The van der Waals surface area contributed by atoms with Crippen LogP contribution in [0.4, 0.5) is 5.69 Å². The topological polar surface area (TPSA) is 82.2 Å². The quantitative estimate of drug-likeness (QED) is 0.283. The van der Waals surface area contributed by atoms with Gasteiger partial charge in [-0.1, -0.05) is 32.0 Å². The van der Waals surface area contributed by atoms with E-state index in [1.807, 2.05) is 42.0 Å². The minimum atomic E-state index is -0.386. The third-order valence-electron chi connectivity index (χ3n) is 4.89. The number of aromatic nitrogens is 2. The number of nitrogens with zero attached hydrogens (tertiary/aromatic N) is 3. The van der Waals surface area contributed by atoms with Gasteiger partial charge < -0.3 is 14.6 Å². The van der Waals surface area contributed by atoms with Crippen molar-refractivity contribution in [2.75, 3.05) is 6.54 Å². The highest BCUT2D eigenvalue weighted by atomic mass is 16.6. The second-order valence-corrected chi connectivity index (χ2v) is 7.69. The highest BCUT2D eigenvalue weighted by Gasteiger charge is 2.19. The van der Waals surface area contributed by atoms with Crippen LogP contribution < -0.4 is 10.1 Å². The fourth-order valence-electron chi connectivity index (χ4n) is 3.27. The summed E-state index contributed by atoms with van der Waals surface area (Å²) in [5.41, 5.74) is 2.90. The Morgan fingerprint density at radius 2 is 2.03 bits per heavy atom. The lowest BCUT2D eigenvalue weighted by molar-refractivity contribution is -0.385. The number of nitro benzene ring substituents is 1. The maximum Gasteiger partial charge on any atom is 0.311 e. The molecule has 1 aromatic heterocycles. The molecule has 0 bridgehead atoms. The number of hydrogen-bond acceptors (Lipinski definition) is 5. The van der Waals surface area contributed by atoms with Gasteiger partial charge in [0.1, 0.15) is 5.75 Å². The van der Waals surface area contributed by atoms with Gasteiger partial charge in [0, 0.05) is 31.5 Å². The molecule has 0 aliphatic rings. The van der Waals surface area contributed by atoms with Crippen molar-refractivity contribution in [2.24, 2.45) is 0 Å². The summed E-state index contributed by atoms with van der Waals surface area (Å²) in [6, 6.07) is 11.1. The van der Waals surface area contributed by atoms with Crippen LogP contribution >= 0.6 is 0 Å².